The number of carbonyl (C=O) groups excluding carboxylic acids is 1. The predicted molar refractivity (Wildman–Crippen MR) is 118 cm³/mol. The summed E-state index contributed by atoms with van der Waals surface area (Å²) in [6, 6.07) is 10.1. The second-order valence-corrected chi connectivity index (χ2v) is 7.48. The molecule has 4 rings (SSSR count). The number of hydrogen-bond acceptors (Lipinski definition) is 4. The molecule has 0 aliphatic rings. The molecule has 7 nitrogen and oxygen atoms in total. The molecule has 2 aromatic heterocycles. The number of benzene rings is 2. The third-order valence-electron chi connectivity index (χ3n) is 5.16. The lowest BCUT2D eigenvalue weighted by Crippen LogP contribution is -2.31. The van der Waals surface area contributed by atoms with Crippen LogP contribution in [0.1, 0.15) is 34.7 Å². The van der Waals surface area contributed by atoms with Gasteiger partial charge in [-0.2, -0.15) is 0 Å². The number of halogens is 1. The number of fused-ring (bicyclic) bond motifs is 1. The minimum absolute atomic E-state index is 0.203. The Morgan fingerprint density at radius 2 is 2.00 bits per heavy atom. The molecule has 2 N–H and O–H groups in total. The molecule has 31 heavy (non-hydrogen) atoms. The number of hydrogen-bond donors (Lipinski definition) is 2. The van der Waals surface area contributed by atoms with E-state index in [1.165, 1.54) is 16.7 Å². The highest BCUT2D eigenvalue weighted by atomic mass is 32.1. The summed E-state index contributed by atoms with van der Waals surface area (Å²) in [5, 5.41) is 3.41. The van der Waals surface area contributed by atoms with Gasteiger partial charge in [0.15, 0.2) is 4.77 Å². The number of carbonyl (C=O) groups is 1. The second kappa shape index (κ2) is 8.27. The maximum atomic E-state index is 13.4. The van der Waals surface area contributed by atoms with E-state index < -0.39 is 6.04 Å². The molecule has 0 saturated heterocycles. The van der Waals surface area contributed by atoms with Crippen molar-refractivity contribution in [2.24, 2.45) is 7.05 Å². The number of nitrogens with zero attached hydrogens (tertiary/aromatic N) is 3. The smallest absolute Gasteiger partial charge is 0.262 e. The SMILES string of the molecule is CCn1c(=S)[nH]c2cc(C(=O)NC(c3ccc(F)cc3)c3nccn3C)ccc2c1=O. The summed E-state index contributed by atoms with van der Waals surface area (Å²) in [4.78, 5) is 33.0. The fourth-order valence-corrected chi connectivity index (χ4v) is 3.83. The Morgan fingerprint density at radius 1 is 1.26 bits per heavy atom. The summed E-state index contributed by atoms with van der Waals surface area (Å²) in [6.45, 7) is 2.29. The zero-order chi connectivity index (χ0) is 22.1. The van der Waals surface area contributed by atoms with Gasteiger partial charge in [-0.3, -0.25) is 14.2 Å². The van der Waals surface area contributed by atoms with Gasteiger partial charge >= 0.3 is 0 Å². The minimum atomic E-state index is -0.588. The van der Waals surface area contributed by atoms with Crippen LogP contribution in [0.25, 0.3) is 10.9 Å². The fourth-order valence-electron chi connectivity index (χ4n) is 3.50. The van der Waals surface area contributed by atoms with Crippen molar-refractivity contribution in [1.82, 2.24) is 24.4 Å². The topological polar surface area (TPSA) is 84.7 Å². The largest absolute Gasteiger partial charge is 0.338 e. The third-order valence-corrected chi connectivity index (χ3v) is 5.48. The van der Waals surface area contributed by atoms with Crippen LogP contribution in [-0.2, 0) is 13.6 Å². The van der Waals surface area contributed by atoms with Crippen molar-refractivity contribution in [2.45, 2.75) is 19.5 Å². The molecule has 0 fully saturated rings. The van der Waals surface area contributed by atoms with E-state index in [1.54, 1.807) is 47.3 Å². The van der Waals surface area contributed by atoms with Crippen LogP contribution in [-0.4, -0.2) is 25.0 Å². The lowest BCUT2D eigenvalue weighted by molar-refractivity contribution is 0.0941. The standard InChI is InChI=1S/C22H20FN5O2S/c1-3-28-21(30)16-9-6-14(12-17(16)25-22(28)31)20(29)26-18(19-24-10-11-27(19)2)13-4-7-15(23)8-5-13/h4-12,18H,3H2,1-2H3,(H,25,31)(H,26,29). The zero-order valence-electron chi connectivity index (χ0n) is 16.9. The van der Waals surface area contributed by atoms with E-state index in [0.29, 0.717) is 39.2 Å². The van der Waals surface area contributed by atoms with E-state index in [9.17, 15) is 14.0 Å². The van der Waals surface area contributed by atoms with Crippen molar-refractivity contribution in [3.05, 3.63) is 92.8 Å². The average molecular weight is 438 g/mol. The van der Waals surface area contributed by atoms with E-state index in [1.807, 2.05) is 14.0 Å². The highest BCUT2D eigenvalue weighted by molar-refractivity contribution is 7.71. The minimum Gasteiger partial charge on any atom is -0.338 e. The van der Waals surface area contributed by atoms with Crippen LogP contribution in [0.4, 0.5) is 4.39 Å². The first-order chi connectivity index (χ1) is 14.9. The number of aryl methyl sites for hydroxylation is 1. The number of nitrogens with one attached hydrogen (secondary N) is 2. The van der Waals surface area contributed by atoms with E-state index in [0.717, 1.165) is 0 Å². The Hall–Kier alpha value is -3.59. The quantitative estimate of drug-likeness (QED) is 0.468. The van der Waals surface area contributed by atoms with Gasteiger partial charge in [0, 0.05) is 31.5 Å². The Kier molecular flexibility index (Phi) is 5.51. The number of rotatable bonds is 5. The molecule has 2 aromatic carbocycles. The summed E-state index contributed by atoms with van der Waals surface area (Å²) in [7, 11) is 1.82. The van der Waals surface area contributed by atoms with Gasteiger partial charge in [-0.05, 0) is 55.0 Å². The molecule has 0 aliphatic carbocycles. The van der Waals surface area contributed by atoms with Crippen molar-refractivity contribution in [2.75, 3.05) is 0 Å². The summed E-state index contributed by atoms with van der Waals surface area (Å²) in [5.74, 6) is -0.125. The van der Waals surface area contributed by atoms with Gasteiger partial charge in [0.05, 0.1) is 10.9 Å². The molecule has 0 radical (unpaired) electrons. The first-order valence-corrected chi connectivity index (χ1v) is 10.1. The third kappa shape index (κ3) is 3.91. The van der Waals surface area contributed by atoms with Gasteiger partial charge in [0.2, 0.25) is 0 Å². The van der Waals surface area contributed by atoms with Crippen molar-refractivity contribution < 1.29 is 9.18 Å². The van der Waals surface area contributed by atoms with Gasteiger partial charge in [-0.25, -0.2) is 9.37 Å². The molecule has 0 saturated carbocycles. The molecule has 158 valence electrons. The Balaban J connectivity index is 1.73. The van der Waals surface area contributed by atoms with Gasteiger partial charge in [0.1, 0.15) is 17.7 Å². The van der Waals surface area contributed by atoms with Crippen molar-refractivity contribution >= 4 is 29.0 Å². The van der Waals surface area contributed by atoms with Crippen molar-refractivity contribution in [3.63, 3.8) is 0 Å². The second-order valence-electron chi connectivity index (χ2n) is 7.09. The molecule has 1 unspecified atom stereocenters. The molecule has 4 aromatic rings. The molecule has 1 amide bonds. The molecule has 2 heterocycles. The van der Waals surface area contributed by atoms with Crippen molar-refractivity contribution in [1.29, 1.82) is 0 Å². The van der Waals surface area contributed by atoms with Gasteiger partial charge in [-0.1, -0.05) is 12.1 Å². The molecular weight excluding hydrogens is 417 g/mol. The molecular formula is C22H20FN5O2S. The first kappa shape index (κ1) is 20.7. The summed E-state index contributed by atoms with van der Waals surface area (Å²) in [5.41, 5.74) is 1.33. The van der Waals surface area contributed by atoms with E-state index in [2.05, 4.69) is 15.3 Å². The van der Waals surface area contributed by atoms with E-state index in [4.69, 9.17) is 12.2 Å². The fraction of sp³-hybridized carbons (Fsp3) is 0.182. The molecule has 1 atom stereocenters. The summed E-state index contributed by atoms with van der Waals surface area (Å²) >= 11 is 5.25. The number of H-pyrrole nitrogens is 1. The van der Waals surface area contributed by atoms with Gasteiger partial charge in [-0.15, -0.1) is 0 Å². The van der Waals surface area contributed by atoms with Crippen LogP contribution < -0.4 is 10.9 Å². The van der Waals surface area contributed by atoms with Crippen molar-refractivity contribution in [3.8, 4) is 0 Å². The summed E-state index contributed by atoms with van der Waals surface area (Å²) < 4.78 is 17.0. The maximum absolute atomic E-state index is 13.4. The van der Waals surface area contributed by atoms with Crippen LogP contribution in [0.3, 0.4) is 0 Å². The van der Waals surface area contributed by atoms with Crippen LogP contribution in [0, 0.1) is 10.6 Å². The molecule has 0 aliphatic heterocycles. The monoisotopic (exact) mass is 437 g/mol. The van der Waals surface area contributed by atoms with Gasteiger partial charge < -0.3 is 14.9 Å². The van der Waals surface area contributed by atoms with Crippen LogP contribution in [0.15, 0.2) is 59.7 Å². The average Bonchev–Trinajstić information content (AvgIpc) is 3.18. The van der Waals surface area contributed by atoms with Crippen LogP contribution >= 0.6 is 12.2 Å². The van der Waals surface area contributed by atoms with Gasteiger partial charge in [0.25, 0.3) is 11.5 Å². The maximum Gasteiger partial charge on any atom is 0.262 e. The van der Waals surface area contributed by atoms with E-state index in [-0.39, 0.29) is 17.3 Å². The number of imidazole rings is 1. The highest BCUT2D eigenvalue weighted by Gasteiger charge is 2.22. The number of aromatic amines is 1. The van der Waals surface area contributed by atoms with E-state index >= 15 is 0 Å². The molecule has 0 bridgehead atoms. The lowest BCUT2D eigenvalue weighted by Gasteiger charge is -2.19. The first-order valence-electron chi connectivity index (χ1n) is 9.69. The summed E-state index contributed by atoms with van der Waals surface area (Å²) in [6.07, 6.45) is 3.40. The van der Waals surface area contributed by atoms with Crippen LogP contribution in [0.5, 0.6) is 0 Å². The zero-order valence-corrected chi connectivity index (χ0v) is 17.7. The molecule has 0 spiro atoms. The Morgan fingerprint density at radius 3 is 2.65 bits per heavy atom. The highest BCUT2D eigenvalue weighted by Crippen LogP contribution is 2.22. The predicted octanol–water partition coefficient (Wildman–Crippen LogP) is 3.47. The molecule has 9 heteroatoms. The normalized spacial score (nSPS) is 12.1. The lowest BCUT2D eigenvalue weighted by atomic mass is 10.0. The Bertz CT molecular complexity index is 1390. The van der Waals surface area contributed by atoms with Crippen LogP contribution in [0.2, 0.25) is 0 Å². The Labute approximate surface area is 182 Å². The number of aromatic nitrogens is 4. The number of amides is 1.